The number of carboxylic acids is 1. The third-order valence-electron chi connectivity index (χ3n) is 3.76. The van der Waals surface area contributed by atoms with E-state index in [-0.39, 0.29) is 24.2 Å². The Balaban J connectivity index is 2.12. The van der Waals surface area contributed by atoms with E-state index in [0.717, 1.165) is 0 Å². The van der Waals surface area contributed by atoms with E-state index in [2.05, 4.69) is 0 Å². The van der Waals surface area contributed by atoms with Gasteiger partial charge >= 0.3 is 5.97 Å². The van der Waals surface area contributed by atoms with Gasteiger partial charge in [0.15, 0.2) is 5.78 Å². The Hall–Kier alpha value is -2.17. The molecule has 1 aliphatic heterocycles. The summed E-state index contributed by atoms with van der Waals surface area (Å²) in [6.45, 7) is 4.00. The zero-order valence-electron chi connectivity index (χ0n) is 11.5. The van der Waals surface area contributed by atoms with Crippen LogP contribution in [-0.2, 0) is 4.79 Å². The van der Waals surface area contributed by atoms with Gasteiger partial charge in [-0.1, -0.05) is 19.1 Å². The lowest BCUT2D eigenvalue weighted by Gasteiger charge is -2.16. The largest absolute Gasteiger partial charge is 0.481 e. The first-order valence-electron chi connectivity index (χ1n) is 6.53. The Kier molecular flexibility index (Phi) is 3.88. The van der Waals surface area contributed by atoms with Gasteiger partial charge in [0.25, 0.3) is 5.91 Å². The van der Waals surface area contributed by atoms with Crippen molar-refractivity contribution in [3.63, 3.8) is 0 Å². The first kappa shape index (κ1) is 14.2. The highest BCUT2D eigenvalue weighted by Gasteiger charge is 2.37. The molecule has 1 amide bonds. The topological polar surface area (TPSA) is 74.7 Å². The second kappa shape index (κ2) is 5.45. The number of hydrogen-bond acceptors (Lipinski definition) is 3. The van der Waals surface area contributed by atoms with E-state index < -0.39 is 11.9 Å². The standard InChI is InChI=1S/C15H17NO4/c1-9-7-16(8-13(9)15(19)20)14(18)12-5-3-11(4-6-12)10(2)17/h3-6,9,13H,7-8H2,1-2H3,(H,19,20)/t9-,13-/m1/s1. The van der Waals surface area contributed by atoms with E-state index in [9.17, 15) is 14.4 Å². The van der Waals surface area contributed by atoms with Gasteiger partial charge in [-0.25, -0.2) is 0 Å². The molecular formula is C15H17NO4. The molecule has 1 aliphatic rings. The van der Waals surface area contributed by atoms with Crippen LogP contribution in [0, 0.1) is 11.8 Å². The molecule has 1 aromatic carbocycles. The molecule has 1 aromatic rings. The van der Waals surface area contributed by atoms with E-state index in [1.807, 2.05) is 6.92 Å². The lowest BCUT2D eigenvalue weighted by atomic mass is 9.99. The fraction of sp³-hybridized carbons (Fsp3) is 0.400. The molecule has 0 bridgehead atoms. The van der Waals surface area contributed by atoms with E-state index in [0.29, 0.717) is 17.7 Å². The van der Waals surface area contributed by atoms with Crippen molar-refractivity contribution in [2.75, 3.05) is 13.1 Å². The van der Waals surface area contributed by atoms with E-state index in [1.165, 1.54) is 6.92 Å². The predicted octanol–water partition coefficient (Wildman–Crippen LogP) is 1.68. The van der Waals surface area contributed by atoms with Gasteiger partial charge < -0.3 is 10.0 Å². The van der Waals surface area contributed by atoms with Crippen LogP contribution in [0.15, 0.2) is 24.3 Å². The van der Waals surface area contributed by atoms with Crippen molar-refractivity contribution < 1.29 is 19.5 Å². The van der Waals surface area contributed by atoms with Crippen LogP contribution < -0.4 is 0 Å². The van der Waals surface area contributed by atoms with Gasteiger partial charge in [-0.05, 0) is 25.0 Å². The Morgan fingerprint density at radius 3 is 2.10 bits per heavy atom. The number of likely N-dealkylation sites (tertiary alicyclic amines) is 1. The van der Waals surface area contributed by atoms with Gasteiger partial charge in [0.05, 0.1) is 5.92 Å². The number of benzene rings is 1. The Morgan fingerprint density at radius 2 is 1.65 bits per heavy atom. The minimum Gasteiger partial charge on any atom is -0.481 e. The molecule has 1 heterocycles. The lowest BCUT2D eigenvalue weighted by Crippen LogP contribution is -2.29. The molecule has 0 radical (unpaired) electrons. The van der Waals surface area contributed by atoms with Crippen molar-refractivity contribution in [3.8, 4) is 0 Å². The number of Topliss-reactive ketones (excluding diaryl/α,β-unsaturated/α-hetero) is 1. The highest BCUT2D eigenvalue weighted by Crippen LogP contribution is 2.24. The number of amides is 1. The van der Waals surface area contributed by atoms with Crippen molar-refractivity contribution in [3.05, 3.63) is 35.4 Å². The number of carbonyl (C=O) groups excluding carboxylic acids is 2. The van der Waals surface area contributed by atoms with Gasteiger partial charge in [0.2, 0.25) is 0 Å². The zero-order valence-corrected chi connectivity index (χ0v) is 11.5. The highest BCUT2D eigenvalue weighted by atomic mass is 16.4. The lowest BCUT2D eigenvalue weighted by molar-refractivity contribution is -0.142. The van der Waals surface area contributed by atoms with Crippen molar-refractivity contribution in [1.29, 1.82) is 0 Å². The zero-order chi connectivity index (χ0) is 14.9. The second-order valence-electron chi connectivity index (χ2n) is 5.27. The minimum absolute atomic E-state index is 0.0482. The molecule has 2 rings (SSSR count). The normalized spacial score (nSPS) is 21.8. The maximum Gasteiger partial charge on any atom is 0.308 e. The Bertz CT molecular complexity index is 549. The first-order chi connectivity index (χ1) is 9.40. The van der Waals surface area contributed by atoms with Crippen LogP contribution in [0.4, 0.5) is 0 Å². The average Bonchev–Trinajstić information content (AvgIpc) is 2.80. The summed E-state index contributed by atoms with van der Waals surface area (Å²) >= 11 is 0. The predicted molar refractivity (Wildman–Crippen MR) is 72.6 cm³/mol. The summed E-state index contributed by atoms with van der Waals surface area (Å²) in [5.41, 5.74) is 1.04. The molecule has 0 aromatic heterocycles. The molecule has 1 fully saturated rings. The molecule has 20 heavy (non-hydrogen) atoms. The molecule has 2 atom stereocenters. The Morgan fingerprint density at radius 1 is 1.10 bits per heavy atom. The minimum atomic E-state index is -0.861. The van der Waals surface area contributed by atoms with E-state index >= 15 is 0 Å². The van der Waals surface area contributed by atoms with Crippen molar-refractivity contribution >= 4 is 17.7 Å². The van der Waals surface area contributed by atoms with Crippen molar-refractivity contribution in [2.24, 2.45) is 11.8 Å². The maximum atomic E-state index is 12.3. The number of carbonyl (C=O) groups is 3. The summed E-state index contributed by atoms with van der Waals surface area (Å²) in [5.74, 6) is -1.65. The number of hydrogen-bond donors (Lipinski definition) is 1. The summed E-state index contributed by atoms with van der Waals surface area (Å²) in [7, 11) is 0. The summed E-state index contributed by atoms with van der Waals surface area (Å²) in [4.78, 5) is 36.1. The summed E-state index contributed by atoms with van der Waals surface area (Å²) in [6.07, 6.45) is 0. The number of aliphatic carboxylic acids is 1. The SMILES string of the molecule is CC(=O)c1ccc(C(=O)N2C[C@@H](C)[C@H](C(=O)O)C2)cc1. The molecule has 0 aliphatic carbocycles. The smallest absolute Gasteiger partial charge is 0.308 e. The van der Waals surface area contributed by atoms with Gasteiger partial charge in [0, 0.05) is 24.2 Å². The van der Waals surface area contributed by atoms with Crippen LogP contribution in [0.3, 0.4) is 0 Å². The van der Waals surface area contributed by atoms with E-state index in [1.54, 1.807) is 29.2 Å². The highest BCUT2D eigenvalue weighted by molar-refractivity contribution is 5.98. The van der Waals surface area contributed by atoms with Crippen LogP contribution in [0.25, 0.3) is 0 Å². The number of carboxylic acid groups (broad SMARTS) is 1. The van der Waals surface area contributed by atoms with Gasteiger partial charge in [-0.2, -0.15) is 0 Å². The van der Waals surface area contributed by atoms with Crippen LogP contribution in [0.5, 0.6) is 0 Å². The van der Waals surface area contributed by atoms with Gasteiger partial charge in [-0.3, -0.25) is 14.4 Å². The molecule has 0 unspecified atom stereocenters. The number of nitrogens with zero attached hydrogens (tertiary/aromatic N) is 1. The Labute approximate surface area is 117 Å². The molecule has 5 nitrogen and oxygen atoms in total. The van der Waals surface area contributed by atoms with Crippen molar-refractivity contribution in [1.82, 2.24) is 4.90 Å². The molecule has 5 heteroatoms. The molecular weight excluding hydrogens is 258 g/mol. The van der Waals surface area contributed by atoms with Crippen LogP contribution in [0.2, 0.25) is 0 Å². The molecule has 0 spiro atoms. The fourth-order valence-electron chi connectivity index (χ4n) is 2.48. The first-order valence-corrected chi connectivity index (χ1v) is 6.53. The average molecular weight is 275 g/mol. The third kappa shape index (κ3) is 2.71. The quantitative estimate of drug-likeness (QED) is 0.852. The van der Waals surface area contributed by atoms with Gasteiger partial charge in [-0.15, -0.1) is 0 Å². The molecule has 1 N–H and O–H groups in total. The molecule has 1 saturated heterocycles. The fourth-order valence-corrected chi connectivity index (χ4v) is 2.48. The van der Waals surface area contributed by atoms with Crippen LogP contribution in [-0.4, -0.2) is 40.8 Å². The van der Waals surface area contributed by atoms with Crippen LogP contribution >= 0.6 is 0 Å². The summed E-state index contributed by atoms with van der Waals surface area (Å²) in [6, 6.07) is 6.45. The monoisotopic (exact) mass is 275 g/mol. The van der Waals surface area contributed by atoms with Crippen molar-refractivity contribution in [2.45, 2.75) is 13.8 Å². The molecule has 0 saturated carbocycles. The summed E-state index contributed by atoms with van der Waals surface area (Å²) in [5, 5.41) is 9.08. The number of ketones is 1. The number of rotatable bonds is 3. The van der Waals surface area contributed by atoms with Gasteiger partial charge in [0.1, 0.15) is 0 Å². The maximum absolute atomic E-state index is 12.3. The van der Waals surface area contributed by atoms with E-state index in [4.69, 9.17) is 5.11 Å². The second-order valence-corrected chi connectivity index (χ2v) is 5.27. The van der Waals surface area contributed by atoms with Crippen LogP contribution in [0.1, 0.15) is 34.6 Å². The summed E-state index contributed by atoms with van der Waals surface area (Å²) < 4.78 is 0. The molecule has 106 valence electrons. The third-order valence-corrected chi connectivity index (χ3v) is 3.76.